The summed E-state index contributed by atoms with van der Waals surface area (Å²) in [6.07, 6.45) is 0.934. The van der Waals surface area contributed by atoms with Crippen molar-refractivity contribution in [2.45, 2.75) is 19.4 Å². The summed E-state index contributed by atoms with van der Waals surface area (Å²) in [5, 5.41) is 0. The van der Waals surface area contributed by atoms with Crippen LogP contribution >= 0.6 is 12.2 Å². The summed E-state index contributed by atoms with van der Waals surface area (Å²) >= 11 is 5.02. The Labute approximate surface area is 123 Å². The Kier molecular flexibility index (Phi) is 3.18. The molecular formula is C16H15FN2S. The molecule has 0 saturated carbocycles. The number of hydrogen-bond donors (Lipinski definition) is 1. The van der Waals surface area contributed by atoms with E-state index >= 15 is 0 Å². The van der Waals surface area contributed by atoms with Gasteiger partial charge >= 0.3 is 0 Å². The molecule has 1 unspecified atom stereocenters. The highest BCUT2D eigenvalue weighted by molar-refractivity contribution is 7.80. The second-order valence-corrected chi connectivity index (χ2v) is 5.49. The van der Waals surface area contributed by atoms with Gasteiger partial charge in [0.05, 0.1) is 11.3 Å². The molecule has 2 aromatic rings. The first kappa shape index (κ1) is 13.1. The fraction of sp³-hybridized carbons (Fsp3) is 0.188. The second kappa shape index (κ2) is 4.87. The number of fused-ring (bicyclic) bond motifs is 1. The van der Waals surface area contributed by atoms with Gasteiger partial charge in [-0.2, -0.15) is 0 Å². The number of nitrogens with zero attached hydrogens (tertiary/aromatic N) is 1. The predicted octanol–water partition coefficient (Wildman–Crippen LogP) is 3.54. The van der Waals surface area contributed by atoms with Crippen LogP contribution in [0.25, 0.3) is 0 Å². The molecule has 0 saturated heterocycles. The maximum Gasteiger partial charge on any atom is 0.135 e. The van der Waals surface area contributed by atoms with Crippen molar-refractivity contribution < 1.29 is 4.39 Å². The van der Waals surface area contributed by atoms with E-state index in [4.69, 9.17) is 18.0 Å². The molecule has 0 aromatic heterocycles. The Morgan fingerprint density at radius 1 is 1.20 bits per heavy atom. The van der Waals surface area contributed by atoms with E-state index < -0.39 is 0 Å². The molecule has 0 bridgehead atoms. The topological polar surface area (TPSA) is 29.3 Å². The van der Waals surface area contributed by atoms with Crippen LogP contribution in [0.3, 0.4) is 0 Å². The summed E-state index contributed by atoms with van der Waals surface area (Å²) in [5.41, 5.74) is 9.15. The van der Waals surface area contributed by atoms with Gasteiger partial charge in [-0.1, -0.05) is 36.5 Å². The largest absolute Gasteiger partial charge is 0.389 e. The average Bonchev–Trinajstić information content (AvgIpc) is 2.73. The van der Waals surface area contributed by atoms with Crippen LogP contribution in [0.1, 0.15) is 18.1 Å². The Bertz CT molecular complexity index is 684. The SMILES string of the molecule is CC1Cc2ccccc2N1c1cccc(F)c1C(N)=S. The minimum Gasteiger partial charge on any atom is -0.389 e. The maximum atomic E-state index is 14.1. The lowest BCUT2D eigenvalue weighted by Crippen LogP contribution is -2.27. The molecule has 1 heterocycles. The van der Waals surface area contributed by atoms with Crippen molar-refractivity contribution in [2.24, 2.45) is 5.73 Å². The number of hydrogen-bond acceptors (Lipinski definition) is 2. The van der Waals surface area contributed by atoms with Crippen molar-refractivity contribution in [3.63, 3.8) is 0 Å². The quantitative estimate of drug-likeness (QED) is 0.856. The normalized spacial score (nSPS) is 17.1. The van der Waals surface area contributed by atoms with Gasteiger partial charge in [-0.3, -0.25) is 0 Å². The minimum atomic E-state index is -0.369. The fourth-order valence-electron chi connectivity index (χ4n) is 2.89. The molecule has 0 spiro atoms. The average molecular weight is 286 g/mol. The molecule has 2 N–H and O–H groups in total. The van der Waals surface area contributed by atoms with Crippen molar-refractivity contribution in [1.29, 1.82) is 0 Å². The number of para-hydroxylation sites is 1. The molecule has 0 radical (unpaired) electrons. The van der Waals surface area contributed by atoms with Crippen LogP contribution in [0, 0.1) is 5.82 Å². The van der Waals surface area contributed by atoms with E-state index in [1.54, 1.807) is 6.07 Å². The van der Waals surface area contributed by atoms with Crippen LogP contribution in [0.2, 0.25) is 0 Å². The van der Waals surface area contributed by atoms with Crippen molar-refractivity contribution in [1.82, 2.24) is 0 Å². The summed E-state index contributed by atoms with van der Waals surface area (Å²) in [4.78, 5) is 2.21. The highest BCUT2D eigenvalue weighted by Crippen LogP contribution is 2.40. The number of halogens is 1. The van der Waals surface area contributed by atoms with E-state index in [0.29, 0.717) is 5.56 Å². The molecule has 0 fully saturated rings. The van der Waals surface area contributed by atoms with Crippen LogP contribution in [0.15, 0.2) is 42.5 Å². The summed E-state index contributed by atoms with van der Waals surface area (Å²) in [6.45, 7) is 2.12. The summed E-state index contributed by atoms with van der Waals surface area (Å²) in [7, 11) is 0. The molecule has 1 aliphatic rings. The van der Waals surface area contributed by atoms with Gasteiger partial charge in [-0.15, -0.1) is 0 Å². The highest BCUT2D eigenvalue weighted by Gasteiger charge is 2.29. The summed E-state index contributed by atoms with van der Waals surface area (Å²) in [6, 6.07) is 13.4. The molecule has 102 valence electrons. The molecule has 0 aliphatic carbocycles. The van der Waals surface area contributed by atoms with Crippen molar-refractivity contribution in [2.75, 3.05) is 4.90 Å². The smallest absolute Gasteiger partial charge is 0.135 e. The third-order valence-electron chi connectivity index (χ3n) is 3.70. The molecule has 4 heteroatoms. The zero-order valence-electron chi connectivity index (χ0n) is 11.1. The van der Waals surface area contributed by atoms with Gasteiger partial charge in [0.2, 0.25) is 0 Å². The monoisotopic (exact) mass is 286 g/mol. The Hall–Kier alpha value is -1.94. The van der Waals surface area contributed by atoms with Gasteiger partial charge in [-0.25, -0.2) is 4.39 Å². The predicted molar refractivity (Wildman–Crippen MR) is 84.0 cm³/mol. The van der Waals surface area contributed by atoms with E-state index in [2.05, 4.69) is 17.9 Å². The number of rotatable bonds is 2. The standard InChI is InChI=1S/C16H15FN2S/c1-10-9-11-5-2-3-7-13(11)19(10)14-8-4-6-12(17)15(14)16(18)20/h2-8,10H,9H2,1H3,(H2,18,20). The lowest BCUT2D eigenvalue weighted by Gasteiger charge is -2.27. The van der Waals surface area contributed by atoms with Crippen LogP contribution < -0.4 is 10.6 Å². The Morgan fingerprint density at radius 2 is 1.90 bits per heavy atom. The molecule has 0 amide bonds. The first-order chi connectivity index (χ1) is 9.59. The molecule has 1 atom stereocenters. The van der Waals surface area contributed by atoms with Gasteiger partial charge < -0.3 is 10.6 Å². The molecular weight excluding hydrogens is 271 g/mol. The molecule has 20 heavy (non-hydrogen) atoms. The lowest BCUT2D eigenvalue weighted by molar-refractivity contribution is 0.624. The number of thiocarbonyl (C=S) groups is 1. The second-order valence-electron chi connectivity index (χ2n) is 5.05. The molecule has 3 rings (SSSR count). The molecule has 2 aromatic carbocycles. The highest BCUT2D eigenvalue weighted by atomic mass is 32.1. The first-order valence-corrected chi connectivity index (χ1v) is 6.96. The van der Waals surface area contributed by atoms with Crippen LogP contribution in [0.4, 0.5) is 15.8 Å². The number of anilines is 2. The van der Waals surface area contributed by atoms with Gasteiger partial charge in [0, 0.05) is 11.7 Å². The first-order valence-electron chi connectivity index (χ1n) is 6.55. The Morgan fingerprint density at radius 3 is 2.65 bits per heavy atom. The number of nitrogens with two attached hydrogens (primary N) is 1. The number of benzene rings is 2. The third-order valence-corrected chi connectivity index (χ3v) is 3.91. The molecule has 2 nitrogen and oxygen atoms in total. The fourth-order valence-corrected chi connectivity index (χ4v) is 3.09. The van der Waals surface area contributed by atoms with Gasteiger partial charge in [0.1, 0.15) is 10.8 Å². The van der Waals surface area contributed by atoms with Gasteiger partial charge in [0.15, 0.2) is 0 Å². The molecule has 1 aliphatic heterocycles. The van der Waals surface area contributed by atoms with E-state index in [1.165, 1.54) is 11.6 Å². The zero-order chi connectivity index (χ0) is 14.3. The van der Waals surface area contributed by atoms with Crippen LogP contribution in [-0.4, -0.2) is 11.0 Å². The summed E-state index contributed by atoms with van der Waals surface area (Å²) < 4.78 is 14.1. The lowest BCUT2D eigenvalue weighted by atomic mass is 10.1. The third kappa shape index (κ3) is 1.96. The minimum absolute atomic E-state index is 0.0923. The van der Waals surface area contributed by atoms with Gasteiger partial charge in [-0.05, 0) is 37.1 Å². The van der Waals surface area contributed by atoms with Crippen molar-refractivity contribution in [3.8, 4) is 0 Å². The van der Waals surface area contributed by atoms with Crippen molar-refractivity contribution in [3.05, 3.63) is 59.4 Å². The van der Waals surface area contributed by atoms with Crippen LogP contribution in [-0.2, 0) is 6.42 Å². The van der Waals surface area contributed by atoms with E-state index in [9.17, 15) is 4.39 Å². The zero-order valence-corrected chi connectivity index (χ0v) is 12.0. The van der Waals surface area contributed by atoms with E-state index in [0.717, 1.165) is 17.8 Å². The van der Waals surface area contributed by atoms with Gasteiger partial charge in [0.25, 0.3) is 0 Å². The van der Waals surface area contributed by atoms with E-state index in [1.807, 2.05) is 24.3 Å². The van der Waals surface area contributed by atoms with Crippen molar-refractivity contribution >= 4 is 28.6 Å². The summed E-state index contributed by atoms with van der Waals surface area (Å²) in [5.74, 6) is -0.369. The Balaban J connectivity index is 2.20. The van der Waals surface area contributed by atoms with E-state index in [-0.39, 0.29) is 16.8 Å². The maximum absolute atomic E-state index is 14.1. The van der Waals surface area contributed by atoms with Crippen LogP contribution in [0.5, 0.6) is 0 Å².